The van der Waals surface area contributed by atoms with E-state index in [2.05, 4.69) is 0 Å². The molecule has 1 unspecified atom stereocenters. The van der Waals surface area contributed by atoms with Crippen molar-refractivity contribution >= 4 is 33.3 Å². The number of hydrogen-bond donors (Lipinski definition) is 0. The first-order valence-electron chi connectivity index (χ1n) is 11.9. The highest BCUT2D eigenvalue weighted by molar-refractivity contribution is 7.99. The van der Waals surface area contributed by atoms with Gasteiger partial charge >= 0.3 is 0 Å². The lowest BCUT2D eigenvalue weighted by molar-refractivity contribution is 0.107. The van der Waals surface area contributed by atoms with Crippen LogP contribution in [0.1, 0.15) is 29.7 Å². The molecule has 8 heteroatoms. The van der Waals surface area contributed by atoms with E-state index < -0.39 is 0 Å². The lowest BCUT2D eigenvalue weighted by atomic mass is 10.1. The fourth-order valence-electron chi connectivity index (χ4n) is 4.73. The molecule has 6 nitrogen and oxygen atoms in total. The van der Waals surface area contributed by atoms with Gasteiger partial charge in [0.1, 0.15) is 23.3 Å². The molecule has 0 radical (unpaired) electrons. The first-order chi connectivity index (χ1) is 17.2. The number of nitrogens with zero attached hydrogens (tertiary/aromatic N) is 2. The van der Waals surface area contributed by atoms with Crippen LogP contribution in [0.3, 0.4) is 0 Å². The maximum absolute atomic E-state index is 14.0. The third kappa shape index (κ3) is 4.29. The molecule has 1 aliphatic heterocycles. The molecule has 35 heavy (non-hydrogen) atoms. The number of aryl methyl sites for hydroxylation is 2. The van der Waals surface area contributed by atoms with Crippen LogP contribution in [0.4, 0.5) is 0 Å². The fourth-order valence-corrected chi connectivity index (χ4v) is 7.01. The molecule has 0 saturated heterocycles. The molecule has 0 saturated carbocycles. The Morgan fingerprint density at radius 3 is 2.71 bits per heavy atom. The number of thiophene rings is 1. The van der Waals surface area contributed by atoms with E-state index in [0.29, 0.717) is 17.5 Å². The molecule has 3 heterocycles. The van der Waals surface area contributed by atoms with E-state index in [9.17, 15) is 4.79 Å². The van der Waals surface area contributed by atoms with Crippen LogP contribution in [0.2, 0.25) is 0 Å². The highest BCUT2D eigenvalue weighted by Crippen LogP contribution is 2.36. The minimum absolute atomic E-state index is 0.00762. The van der Waals surface area contributed by atoms with Crippen molar-refractivity contribution in [3.8, 4) is 22.9 Å². The first-order valence-corrected chi connectivity index (χ1v) is 13.7. The predicted octanol–water partition coefficient (Wildman–Crippen LogP) is 5.66. The molecule has 0 N–H and O–H groups in total. The Balaban J connectivity index is 1.39. The Labute approximate surface area is 211 Å². The smallest absolute Gasteiger partial charge is 0.267 e. The van der Waals surface area contributed by atoms with Crippen molar-refractivity contribution < 1.29 is 14.2 Å². The molecular formula is C27H26N2O4S2. The number of ether oxygens (including phenoxy) is 3. The molecule has 4 aromatic rings. The largest absolute Gasteiger partial charge is 0.497 e. The van der Waals surface area contributed by atoms with E-state index in [1.54, 1.807) is 23.0 Å². The van der Waals surface area contributed by atoms with Crippen molar-refractivity contribution in [2.45, 2.75) is 43.4 Å². The molecule has 6 rings (SSSR count). The third-order valence-corrected chi connectivity index (χ3v) is 8.76. The van der Waals surface area contributed by atoms with Gasteiger partial charge in [0, 0.05) is 10.6 Å². The Morgan fingerprint density at radius 2 is 1.89 bits per heavy atom. The molecule has 0 bridgehead atoms. The van der Waals surface area contributed by atoms with E-state index >= 15 is 0 Å². The summed E-state index contributed by atoms with van der Waals surface area (Å²) in [5.41, 5.74) is 2.00. The van der Waals surface area contributed by atoms with Crippen molar-refractivity contribution in [3.63, 3.8) is 0 Å². The van der Waals surface area contributed by atoms with Crippen molar-refractivity contribution in [1.29, 1.82) is 0 Å². The summed E-state index contributed by atoms with van der Waals surface area (Å²) in [7, 11) is 1.64. The second-order valence-corrected chi connectivity index (χ2v) is 10.9. The average Bonchev–Trinajstić information content (AvgIpc) is 3.08. The van der Waals surface area contributed by atoms with Crippen molar-refractivity contribution in [2.24, 2.45) is 0 Å². The summed E-state index contributed by atoms with van der Waals surface area (Å²) in [6.45, 7) is 0.465. The van der Waals surface area contributed by atoms with Crippen LogP contribution in [-0.4, -0.2) is 35.1 Å². The van der Waals surface area contributed by atoms with Crippen molar-refractivity contribution in [2.75, 3.05) is 19.5 Å². The molecule has 2 aliphatic rings. The maximum atomic E-state index is 14.0. The second-order valence-electron chi connectivity index (χ2n) is 8.79. The van der Waals surface area contributed by atoms with E-state index in [0.717, 1.165) is 52.4 Å². The van der Waals surface area contributed by atoms with Crippen molar-refractivity contribution in [1.82, 2.24) is 9.55 Å². The standard InChI is InChI=1S/C27H26N2O4S2/c1-31-18-13-11-17(12-14-18)29-26(30)24-20-7-3-2-4-10-23(20)35-25(24)28-27(29)34-16-19-15-32-21-8-5-6-9-22(21)33-19/h5-6,8-9,11-14,19H,2-4,7,10,15-16H2,1H3. The first kappa shape index (κ1) is 22.5. The summed E-state index contributed by atoms with van der Waals surface area (Å²) in [6, 6.07) is 15.3. The fraction of sp³-hybridized carbons (Fsp3) is 0.333. The number of hydrogen-bond acceptors (Lipinski definition) is 7. The number of benzene rings is 2. The molecule has 0 amide bonds. The molecule has 0 fully saturated rings. The van der Waals surface area contributed by atoms with Gasteiger partial charge in [-0.15, -0.1) is 11.3 Å². The van der Waals surface area contributed by atoms with Crippen LogP contribution in [0.15, 0.2) is 58.5 Å². The van der Waals surface area contributed by atoms with Crippen LogP contribution < -0.4 is 19.8 Å². The van der Waals surface area contributed by atoms with Gasteiger partial charge in [-0.2, -0.15) is 0 Å². The molecule has 1 aliphatic carbocycles. The van der Waals surface area contributed by atoms with Gasteiger partial charge in [-0.25, -0.2) is 4.98 Å². The molecule has 0 spiro atoms. The van der Waals surface area contributed by atoms with Gasteiger partial charge in [0.2, 0.25) is 0 Å². The summed E-state index contributed by atoms with van der Waals surface area (Å²) in [4.78, 5) is 21.2. The van der Waals surface area contributed by atoms with E-state index in [1.807, 2.05) is 48.5 Å². The summed E-state index contributed by atoms with van der Waals surface area (Å²) >= 11 is 3.22. The normalized spacial score (nSPS) is 17.1. The van der Waals surface area contributed by atoms with Gasteiger partial charge in [-0.05, 0) is 67.6 Å². The minimum atomic E-state index is -0.133. The summed E-state index contributed by atoms with van der Waals surface area (Å²) in [6.07, 6.45) is 5.36. The zero-order valence-electron chi connectivity index (χ0n) is 19.5. The molecule has 2 aromatic heterocycles. The number of fused-ring (bicyclic) bond motifs is 4. The predicted molar refractivity (Wildman–Crippen MR) is 140 cm³/mol. The minimum Gasteiger partial charge on any atom is -0.497 e. The van der Waals surface area contributed by atoms with Gasteiger partial charge in [-0.1, -0.05) is 30.3 Å². The number of aromatic nitrogens is 2. The molecule has 180 valence electrons. The van der Waals surface area contributed by atoms with Crippen LogP contribution >= 0.6 is 23.1 Å². The SMILES string of the molecule is COc1ccc(-n2c(SCC3COc4ccccc4O3)nc3sc4c(c3c2=O)CCCCC4)cc1. The lowest BCUT2D eigenvalue weighted by Crippen LogP contribution is -2.31. The monoisotopic (exact) mass is 506 g/mol. The van der Waals surface area contributed by atoms with E-state index in [4.69, 9.17) is 19.2 Å². The van der Waals surface area contributed by atoms with Gasteiger partial charge in [-0.3, -0.25) is 9.36 Å². The van der Waals surface area contributed by atoms with Crippen LogP contribution in [0.25, 0.3) is 15.9 Å². The molecule has 2 aromatic carbocycles. The van der Waals surface area contributed by atoms with Crippen LogP contribution in [0, 0.1) is 0 Å². The quantitative estimate of drug-likeness (QED) is 0.198. The van der Waals surface area contributed by atoms with Crippen molar-refractivity contribution in [3.05, 3.63) is 69.3 Å². The lowest BCUT2D eigenvalue weighted by Gasteiger charge is -2.26. The Morgan fingerprint density at radius 1 is 1.09 bits per heavy atom. The second kappa shape index (κ2) is 9.59. The average molecular weight is 507 g/mol. The zero-order chi connectivity index (χ0) is 23.8. The molecular weight excluding hydrogens is 480 g/mol. The Hall–Kier alpha value is -2.97. The summed E-state index contributed by atoms with van der Waals surface area (Å²) in [5, 5.41) is 1.46. The zero-order valence-corrected chi connectivity index (χ0v) is 21.1. The van der Waals surface area contributed by atoms with Gasteiger partial charge in [0.25, 0.3) is 5.56 Å². The Bertz CT molecular complexity index is 1430. The number of para-hydroxylation sites is 2. The highest BCUT2D eigenvalue weighted by Gasteiger charge is 2.25. The number of rotatable bonds is 5. The number of methoxy groups -OCH3 is 1. The maximum Gasteiger partial charge on any atom is 0.267 e. The highest BCUT2D eigenvalue weighted by atomic mass is 32.2. The number of thioether (sulfide) groups is 1. The summed E-state index contributed by atoms with van der Waals surface area (Å²) < 4.78 is 19.1. The van der Waals surface area contributed by atoms with Gasteiger partial charge < -0.3 is 14.2 Å². The van der Waals surface area contributed by atoms with Crippen LogP contribution in [0.5, 0.6) is 17.2 Å². The van der Waals surface area contributed by atoms with E-state index in [1.165, 1.54) is 35.0 Å². The Kier molecular flexibility index (Phi) is 6.16. The topological polar surface area (TPSA) is 62.6 Å². The summed E-state index contributed by atoms with van der Waals surface area (Å²) in [5.74, 6) is 2.89. The molecule has 1 atom stereocenters. The third-order valence-electron chi connectivity index (χ3n) is 6.50. The van der Waals surface area contributed by atoms with Gasteiger partial charge in [0.15, 0.2) is 16.7 Å². The van der Waals surface area contributed by atoms with E-state index in [-0.39, 0.29) is 11.7 Å². The van der Waals surface area contributed by atoms with Gasteiger partial charge in [0.05, 0.1) is 18.2 Å². The van der Waals surface area contributed by atoms with Crippen LogP contribution in [-0.2, 0) is 12.8 Å².